The fourth-order valence-corrected chi connectivity index (χ4v) is 4.79. The minimum Gasteiger partial charge on any atom is -0.379 e. The Morgan fingerprint density at radius 1 is 0.939 bits per heavy atom. The lowest BCUT2D eigenvalue weighted by molar-refractivity contribution is -0.123. The number of nitrogens with one attached hydrogen (secondary N) is 2. The first kappa shape index (κ1) is 21.4. The molecule has 7 nitrogen and oxygen atoms in total. The van der Waals surface area contributed by atoms with Gasteiger partial charge in [-0.25, -0.2) is 0 Å². The molecule has 0 radical (unpaired) electrons. The number of nitrogens with zero attached hydrogens (tertiary/aromatic N) is 2. The van der Waals surface area contributed by atoms with Crippen LogP contribution in [0.15, 0.2) is 60.3 Å². The van der Waals surface area contributed by atoms with E-state index >= 15 is 0 Å². The lowest BCUT2D eigenvalue weighted by Crippen LogP contribution is -2.37. The van der Waals surface area contributed by atoms with Crippen LogP contribution in [0.3, 0.4) is 0 Å². The molecule has 0 bridgehead atoms. The van der Waals surface area contributed by atoms with E-state index in [9.17, 15) is 9.59 Å². The molecule has 2 N–H and O–H groups in total. The molecule has 2 aliphatic rings. The number of morpholine rings is 1. The molecule has 5 rings (SSSR count). The fourth-order valence-electron chi connectivity index (χ4n) is 4.79. The predicted octanol–water partition coefficient (Wildman–Crippen LogP) is 3.15. The largest absolute Gasteiger partial charge is 0.379 e. The van der Waals surface area contributed by atoms with E-state index in [2.05, 4.69) is 26.2 Å². The van der Waals surface area contributed by atoms with Crippen LogP contribution in [0, 0.1) is 6.92 Å². The minimum atomic E-state index is -0.401. The molecule has 7 heteroatoms. The van der Waals surface area contributed by atoms with Crippen LogP contribution < -0.4 is 10.6 Å². The van der Waals surface area contributed by atoms with Crippen LogP contribution in [0.5, 0.6) is 0 Å². The van der Waals surface area contributed by atoms with Crippen molar-refractivity contribution in [1.29, 1.82) is 0 Å². The average Bonchev–Trinajstić information content (AvgIpc) is 3.26. The highest BCUT2D eigenvalue weighted by atomic mass is 16.5. The lowest BCUT2D eigenvalue weighted by Gasteiger charge is -2.26. The molecular weight excluding hydrogens is 416 g/mol. The normalized spacial score (nSPS) is 17.1. The molecule has 1 saturated heterocycles. The van der Waals surface area contributed by atoms with Crippen molar-refractivity contribution in [3.63, 3.8) is 0 Å². The number of rotatable bonds is 7. The molecule has 170 valence electrons. The monoisotopic (exact) mass is 444 g/mol. The number of fused-ring (bicyclic) bond motifs is 1. The fraction of sp³-hybridized carbons (Fsp3) is 0.308. The molecule has 0 spiro atoms. The standard InChI is InChI=1S/C26H28N4O3/c1-18-22(23-24(26(32)28-25(23)31)27-19-8-3-2-4-9-19)20-10-5-6-11-21(20)30(18)13-7-12-29-14-16-33-17-15-29/h2-6,8-11H,7,12-17H2,1H3,(H2,27,28,31,32). The quantitative estimate of drug-likeness (QED) is 0.548. The number of imide groups is 1. The first-order valence-corrected chi connectivity index (χ1v) is 11.4. The number of ether oxygens (including phenoxy) is 1. The third kappa shape index (κ3) is 4.17. The van der Waals surface area contributed by atoms with Crippen molar-refractivity contribution < 1.29 is 14.3 Å². The second kappa shape index (κ2) is 9.21. The summed E-state index contributed by atoms with van der Waals surface area (Å²) >= 11 is 0. The van der Waals surface area contributed by atoms with Gasteiger partial charge in [0.15, 0.2) is 0 Å². The molecule has 3 aromatic rings. The first-order chi connectivity index (χ1) is 16.1. The Bertz CT molecular complexity index is 1220. The van der Waals surface area contributed by atoms with Crippen molar-refractivity contribution in [3.8, 4) is 0 Å². The van der Waals surface area contributed by atoms with Gasteiger partial charge in [-0.2, -0.15) is 0 Å². The number of aryl methyl sites for hydroxylation is 1. The summed E-state index contributed by atoms with van der Waals surface area (Å²) < 4.78 is 7.72. The van der Waals surface area contributed by atoms with E-state index in [0.717, 1.165) is 73.7 Å². The van der Waals surface area contributed by atoms with E-state index in [1.165, 1.54) is 0 Å². The Hall–Kier alpha value is -3.42. The van der Waals surface area contributed by atoms with Crippen molar-refractivity contribution in [2.45, 2.75) is 19.9 Å². The summed E-state index contributed by atoms with van der Waals surface area (Å²) in [5.74, 6) is -0.764. The van der Waals surface area contributed by atoms with Gasteiger partial charge in [0.1, 0.15) is 5.70 Å². The van der Waals surface area contributed by atoms with Crippen LogP contribution in [-0.4, -0.2) is 54.1 Å². The maximum absolute atomic E-state index is 13.0. The van der Waals surface area contributed by atoms with Crippen LogP contribution in [0.4, 0.5) is 5.69 Å². The molecule has 0 aliphatic carbocycles. The van der Waals surface area contributed by atoms with Crippen LogP contribution in [0.25, 0.3) is 16.5 Å². The Morgan fingerprint density at radius 2 is 1.67 bits per heavy atom. The van der Waals surface area contributed by atoms with Gasteiger partial charge < -0.3 is 14.6 Å². The zero-order chi connectivity index (χ0) is 22.8. The highest BCUT2D eigenvalue weighted by Gasteiger charge is 2.34. The van der Waals surface area contributed by atoms with E-state index in [-0.39, 0.29) is 5.91 Å². The number of carbonyl (C=O) groups is 2. The topological polar surface area (TPSA) is 75.6 Å². The molecule has 1 aromatic heterocycles. The van der Waals surface area contributed by atoms with Gasteiger partial charge in [0.2, 0.25) is 0 Å². The summed E-state index contributed by atoms with van der Waals surface area (Å²) in [6, 6.07) is 17.6. The summed E-state index contributed by atoms with van der Waals surface area (Å²) in [6.45, 7) is 7.42. The van der Waals surface area contributed by atoms with Gasteiger partial charge in [0.25, 0.3) is 11.8 Å². The molecule has 3 heterocycles. The van der Waals surface area contributed by atoms with Crippen molar-refractivity contribution in [1.82, 2.24) is 14.8 Å². The van der Waals surface area contributed by atoms with Crippen molar-refractivity contribution in [3.05, 3.63) is 71.6 Å². The molecular formula is C26H28N4O3. The Labute approximate surface area is 193 Å². The van der Waals surface area contributed by atoms with Crippen molar-refractivity contribution in [2.24, 2.45) is 0 Å². The molecule has 2 aromatic carbocycles. The number of para-hydroxylation sites is 2. The Morgan fingerprint density at radius 3 is 2.45 bits per heavy atom. The summed E-state index contributed by atoms with van der Waals surface area (Å²) in [4.78, 5) is 28.1. The van der Waals surface area contributed by atoms with Gasteiger partial charge >= 0.3 is 0 Å². The highest BCUT2D eigenvalue weighted by Crippen LogP contribution is 2.35. The van der Waals surface area contributed by atoms with Gasteiger partial charge in [-0.15, -0.1) is 0 Å². The highest BCUT2D eigenvalue weighted by molar-refractivity contribution is 6.38. The average molecular weight is 445 g/mol. The lowest BCUT2D eigenvalue weighted by atomic mass is 10.0. The SMILES string of the molecule is Cc1c(C2=C(Nc3ccccc3)C(=O)NC2=O)c2ccccc2n1CCCN1CCOCC1. The van der Waals surface area contributed by atoms with Crippen LogP contribution in [0.2, 0.25) is 0 Å². The van der Waals surface area contributed by atoms with Crippen LogP contribution >= 0.6 is 0 Å². The molecule has 0 saturated carbocycles. The minimum absolute atomic E-state index is 0.297. The Kier molecular flexibility index (Phi) is 5.98. The van der Waals surface area contributed by atoms with E-state index in [0.29, 0.717) is 11.3 Å². The molecule has 0 atom stereocenters. The maximum Gasteiger partial charge on any atom is 0.275 e. The first-order valence-electron chi connectivity index (χ1n) is 11.4. The summed E-state index contributed by atoms with van der Waals surface area (Å²) in [6.07, 6.45) is 0.998. The summed E-state index contributed by atoms with van der Waals surface area (Å²) in [7, 11) is 0. The van der Waals surface area contributed by atoms with Crippen molar-refractivity contribution >= 4 is 34.0 Å². The smallest absolute Gasteiger partial charge is 0.275 e. The van der Waals surface area contributed by atoms with Gasteiger partial charge in [0, 0.05) is 54.0 Å². The summed E-state index contributed by atoms with van der Waals surface area (Å²) in [5.41, 5.74) is 4.35. The van der Waals surface area contributed by atoms with Gasteiger partial charge in [-0.05, 0) is 31.5 Å². The Balaban J connectivity index is 1.52. The number of hydrogen-bond acceptors (Lipinski definition) is 5. The second-order valence-electron chi connectivity index (χ2n) is 8.46. The molecule has 0 unspecified atom stereocenters. The number of aromatic nitrogens is 1. The molecule has 2 amide bonds. The number of carbonyl (C=O) groups excluding carboxylic acids is 2. The molecule has 33 heavy (non-hydrogen) atoms. The van der Waals surface area contributed by atoms with Gasteiger partial charge in [0.05, 0.1) is 18.8 Å². The predicted molar refractivity (Wildman–Crippen MR) is 129 cm³/mol. The summed E-state index contributed by atoms with van der Waals surface area (Å²) in [5, 5.41) is 6.64. The number of hydrogen-bond donors (Lipinski definition) is 2. The van der Waals surface area contributed by atoms with E-state index < -0.39 is 5.91 Å². The maximum atomic E-state index is 13.0. The number of benzene rings is 2. The molecule has 2 aliphatic heterocycles. The number of amides is 2. The third-order valence-electron chi connectivity index (χ3n) is 6.41. The van der Waals surface area contributed by atoms with Gasteiger partial charge in [-0.3, -0.25) is 19.8 Å². The zero-order valence-corrected chi connectivity index (χ0v) is 18.8. The van der Waals surface area contributed by atoms with Crippen molar-refractivity contribution in [2.75, 3.05) is 38.2 Å². The third-order valence-corrected chi connectivity index (χ3v) is 6.41. The second-order valence-corrected chi connectivity index (χ2v) is 8.46. The van der Waals surface area contributed by atoms with E-state index in [4.69, 9.17) is 4.74 Å². The van der Waals surface area contributed by atoms with Crippen LogP contribution in [0.1, 0.15) is 17.7 Å². The van der Waals surface area contributed by atoms with Gasteiger partial charge in [-0.1, -0.05) is 36.4 Å². The molecule has 1 fully saturated rings. The van der Waals surface area contributed by atoms with Crippen LogP contribution in [-0.2, 0) is 20.9 Å². The zero-order valence-electron chi connectivity index (χ0n) is 18.8. The van der Waals surface area contributed by atoms with E-state index in [1.807, 2.05) is 55.5 Å². The van der Waals surface area contributed by atoms with E-state index in [1.54, 1.807) is 0 Å². The number of anilines is 1.